The number of methoxy groups -OCH3 is 1. The largest absolute Gasteiger partial charge is 0.469 e. The van der Waals surface area contributed by atoms with Crippen LogP contribution in [0.2, 0.25) is 0 Å². The van der Waals surface area contributed by atoms with Crippen LogP contribution in [0.25, 0.3) is 0 Å². The van der Waals surface area contributed by atoms with Gasteiger partial charge in [0.1, 0.15) is 5.00 Å². The van der Waals surface area contributed by atoms with E-state index in [1.165, 1.54) is 47.0 Å². The lowest BCUT2D eigenvalue weighted by Gasteiger charge is -2.29. The minimum Gasteiger partial charge on any atom is -0.469 e. The number of piperidine rings is 1. The maximum Gasteiger partial charge on any atom is 0.341 e. The van der Waals surface area contributed by atoms with E-state index in [1.54, 1.807) is 6.92 Å². The summed E-state index contributed by atoms with van der Waals surface area (Å²) in [6.07, 6.45) is 1.49. The van der Waals surface area contributed by atoms with Crippen LogP contribution in [0.4, 0.5) is 5.00 Å². The number of nitrogens with one attached hydrogen (secondary N) is 1. The quantitative estimate of drug-likeness (QED) is 0.523. The summed E-state index contributed by atoms with van der Waals surface area (Å²) in [5.74, 6) is -1.53. The normalized spacial score (nSPS) is 17.2. The highest BCUT2D eigenvalue weighted by Crippen LogP contribution is 2.37. The third-order valence-electron chi connectivity index (χ3n) is 6.70. The van der Waals surface area contributed by atoms with Crippen LogP contribution in [-0.4, -0.2) is 75.9 Å². The number of sulfonamides is 1. The molecule has 0 unspecified atom stereocenters. The van der Waals surface area contributed by atoms with Gasteiger partial charge in [-0.3, -0.25) is 9.59 Å². The van der Waals surface area contributed by atoms with Crippen molar-refractivity contribution >= 4 is 44.2 Å². The van der Waals surface area contributed by atoms with E-state index in [1.807, 2.05) is 7.05 Å². The molecule has 0 atom stereocenters. The first kappa shape index (κ1) is 27.2. The van der Waals surface area contributed by atoms with Crippen molar-refractivity contribution in [3.05, 3.63) is 45.8 Å². The predicted molar refractivity (Wildman–Crippen MR) is 138 cm³/mol. The van der Waals surface area contributed by atoms with Gasteiger partial charge >= 0.3 is 11.9 Å². The van der Waals surface area contributed by atoms with Crippen molar-refractivity contribution in [1.82, 2.24) is 9.21 Å². The van der Waals surface area contributed by atoms with Gasteiger partial charge in [0, 0.05) is 36.6 Å². The van der Waals surface area contributed by atoms with Gasteiger partial charge in [-0.2, -0.15) is 4.31 Å². The summed E-state index contributed by atoms with van der Waals surface area (Å²) in [4.78, 5) is 40.7. The zero-order valence-electron chi connectivity index (χ0n) is 21.1. The molecule has 200 valence electrons. The second-order valence-electron chi connectivity index (χ2n) is 9.10. The van der Waals surface area contributed by atoms with E-state index in [4.69, 9.17) is 9.47 Å². The van der Waals surface area contributed by atoms with Gasteiger partial charge in [-0.15, -0.1) is 11.3 Å². The predicted octanol–water partition coefficient (Wildman–Crippen LogP) is 2.74. The molecular formula is C25H31N3O7S2. The Kier molecular flexibility index (Phi) is 8.32. The lowest BCUT2D eigenvalue weighted by atomic mass is 9.99. The number of thiophene rings is 1. The van der Waals surface area contributed by atoms with Gasteiger partial charge in [-0.1, -0.05) is 0 Å². The summed E-state index contributed by atoms with van der Waals surface area (Å²) in [5, 5.41) is 3.28. The number of carbonyl (C=O) groups excluding carboxylic acids is 3. The van der Waals surface area contributed by atoms with Crippen LogP contribution in [0.3, 0.4) is 0 Å². The van der Waals surface area contributed by atoms with Crippen LogP contribution in [0.1, 0.15) is 50.9 Å². The zero-order valence-corrected chi connectivity index (χ0v) is 22.7. The van der Waals surface area contributed by atoms with Crippen molar-refractivity contribution in [3.63, 3.8) is 0 Å². The van der Waals surface area contributed by atoms with Crippen LogP contribution in [0.5, 0.6) is 0 Å². The molecule has 0 saturated carbocycles. The first-order valence-corrected chi connectivity index (χ1v) is 14.4. The molecule has 1 aromatic heterocycles. The fraction of sp³-hybridized carbons (Fsp3) is 0.480. The first-order valence-electron chi connectivity index (χ1n) is 12.1. The van der Waals surface area contributed by atoms with Crippen molar-refractivity contribution in [2.75, 3.05) is 45.7 Å². The van der Waals surface area contributed by atoms with Crippen molar-refractivity contribution < 1.29 is 32.3 Å². The van der Waals surface area contributed by atoms with E-state index in [9.17, 15) is 22.8 Å². The van der Waals surface area contributed by atoms with E-state index >= 15 is 0 Å². The summed E-state index contributed by atoms with van der Waals surface area (Å²) >= 11 is 1.36. The second-order valence-corrected chi connectivity index (χ2v) is 12.1. The fourth-order valence-corrected chi connectivity index (χ4v) is 7.42. The molecule has 12 heteroatoms. The molecule has 1 saturated heterocycles. The molecule has 0 radical (unpaired) electrons. The smallest absolute Gasteiger partial charge is 0.341 e. The van der Waals surface area contributed by atoms with Gasteiger partial charge in [0.2, 0.25) is 10.0 Å². The Hall–Kier alpha value is -2.80. The molecule has 10 nitrogen and oxygen atoms in total. The number of rotatable bonds is 7. The summed E-state index contributed by atoms with van der Waals surface area (Å²) in [6.45, 7) is 3.90. The minimum absolute atomic E-state index is 0.0717. The van der Waals surface area contributed by atoms with Gasteiger partial charge in [-0.05, 0) is 63.1 Å². The third kappa shape index (κ3) is 5.71. The Morgan fingerprint density at radius 1 is 1.11 bits per heavy atom. The summed E-state index contributed by atoms with van der Waals surface area (Å²) in [6, 6.07) is 5.71. The minimum atomic E-state index is -3.77. The number of likely N-dealkylation sites (N-methyl/N-ethyl adjacent to an activating group) is 1. The van der Waals surface area contributed by atoms with Crippen LogP contribution in [0.15, 0.2) is 29.2 Å². The number of nitrogens with zero attached hydrogens (tertiary/aromatic N) is 2. The Bertz CT molecular complexity index is 1280. The Balaban J connectivity index is 1.49. The average Bonchev–Trinajstić information content (AvgIpc) is 3.25. The average molecular weight is 550 g/mol. The SMILES string of the molecule is CCOC(=O)c1c(NC(=O)c2ccc(S(=O)(=O)N3CCC(C(=O)OC)CC3)cc2)sc2c1CCN(C)C2. The Morgan fingerprint density at radius 2 is 1.78 bits per heavy atom. The highest BCUT2D eigenvalue weighted by Gasteiger charge is 2.33. The van der Waals surface area contributed by atoms with Gasteiger partial charge in [0.15, 0.2) is 0 Å². The molecule has 2 aliphatic rings. The molecule has 0 bridgehead atoms. The molecule has 2 aliphatic heterocycles. The van der Waals surface area contributed by atoms with E-state index in [2.05, 4.69) is 10.2 Å². The summed E-state index contributed by atoms with van der Waals surface area (Å²) in [5.41, 5.74) is 1.58. The molecule has 3 heterocycles. The molecule has 1 aromatic carbocycles. The topological polar surface area (TPSA) is 122 Å². The fourth-order valence-electron chi connectivity index (χ4n) is 4.64. The number of benzene rings is 1. The van der Waals surface area contributed by atoms with E-state index in [0.717, 1.165) is 17.0 Å². The number of carbonyl (C=O) groups is 3. The second kappa shape index (κ2) is 11.3. The molecule has 1 N–H and O–H groups in total. The summed E-state index contributed by atoms with van der Waals surface area (Å²) < 4.78 is 37.5. The third-order valence-corrected chi connectivity index (χ3v) is 9.74. The van der Waals surface area contributed by atoms with Crippen molar-refractivity contribution in [2.45, 2.75) is 37.6 Å². The number of hydrogen-bond donors (Lipinski definition) is 1. The van der Waals surface area contributed by atoms with Gasteiger partial charge in [0.05, 0.1) is 30.1 Å². The number of ether oxygens (including phenoxy) is 2. The maximum absolute atomic E-state index is 13.1. The van der Waals surface area contributed by atoms with Gasteiger partial charge in [0.25, 0.3) is 5.91 Å². The summed E-state index contributed by atoms with van der Waals surface area (Å²) in [7, 11) is -0.438. The molecular weight excluding hydrogens is 518 g/mol. The molecule has 0 spiro atoms. The van der Waals surface area contributed by atoms with E-state index in [-0.39, 0.29) is 42.0 Å². The van der Waals surface area contributed by atoms with Crippen molar-refractivity contribution in [3.8, 4) is 0 Å². The number of esters is 2. The number of amides is 1. The number of hydrogen-bond acceptors (Lipinski definition) is 9. The number of anilines is 1. The van der Waals surface area contributed by atoms with Crippen LogP contribution in [-0.2, 0) is 37.3 Å². The first-order chi connectivity index (χ1) is 17.6. The molecule has 1 fully saturated rings. The van der Waals surface area contributed by atoms with Crippen LogP contribution in [0, 0.1) is 5.92 Å². The zero-order chi connectivity index (χ0) is 26.7. The van der Waals surface area contributed by atoms with Crippen molar-refractivity contribution in [2.24, 2.45) is 5.92 Å². The van der Waals surface area contributed by atoms with Gasteiger partial charge in [-0.25, -0.2) is 13.2 Å². The maximum atomic E-state index is 13.1. The van der Waals surface area contributed by atoms with Crippen molar-refractivity contribution in [1.29, 1.82) is 0 Å². The highest BCUT2D eigenvalue weighted by atomic mass is 32.2. The number of fused-ring (bicyclic) bond motifs is 1. The van der Waals surface area contributed by atoms with E-state index in [0.29, 0.717) is 36.4 Å². The van der Waals surface area contributed by atoms with Crippen LogP contribution >= 0.6 is 11.3 Å². The monoisotopic (exact) mass is 549 g/mol. The Morgan fingerprint density at radius 3 is 2.41 bits per heavy atom. The highest BCUT2D eigenvalue weighted by molar-refractivity contribution is 7.89. The standard InChI is InChI=1S/C25H31N3O7S2/c1-4-35-25(31)21-19-11-12-27(2)15-20(19)36-23(21)26-22(29)16-5-7-18(8-6-16)37(32,33)28-13-9-17(10-14-28)24(30)34-3/h5-8,17H,4,9-15H2,1-3H3,(H,26,29). The molecule has 37 heavy (non-hydrogen) atoms. The van der Waals surface area contributed by atoms with Crippen LogP contribution < -0.4 is 5.32 Å². The van der Waals surface area contributed by atoms with E-state index < -0.39 is 21.9 Å². The lowest BCUT2D eigenvalue weighted by Crippen LogP contribution is -2.40. The Labute approximate surface area is 220 Å². The van der Waals surface area contributed by atoms with Gasteiger partial charge < -0.3 is 19.7 Å². The molecule has 0 aliphatic carbocycles. The molecule has 4 rings (SSSR count). The molecule has 2 aromatic rings. The lowest BCUT2D eigenvalue weighted by molar-refractivity contribution is -0.146. The molecule has 1 amide bonds.